The van der Waals surface area contributed by atoms with Gasteiger partial charge in [-0.1, -0.05) is 43.7 Å². The molecule has 0 amide bonds. The normalized spacial score (nSPS) is 10.3. The van der Waals surface area contributed by atoms with E-state index in [9.17, 15) is 0 Å². The number of rotatable bonds is 5. The van der Waals surface area contributed by atoms with Gasteiger partial charge in [-0.2, -0.15) is 0 Å². The summed E-state index contributed by atoms with van der Waals surface area (Å²) < 4.78 is 0. The molecular weight excluding hydrogens is 288 g/mol. The van der Waals surface area contributed by atoms with Crippen LogP contribution < -0.4 is 10.6 Å². The second-order valence-corrected chi connectivity index (χ2v) is 6.05. The molecule has 0 unspecified atom stereocenters. The van der Waals surface area contributed by atoms with Crippen LogP contribution in [-0.4, -0.2) is 5.11 Å². The van der Waals surface area contributed by atoms with Gasteiger partial charge in [0.2, 0.25) is 0 Å². The molecule has 0 saturated heterocycles. The first-order valence-electron chi connectivity index (χ1n) is 7.83. The fourth-order valence-electron chi connectivity index (χ4n) is 2.42. The fourth-order valence-corrected chi connectivity index (χ4v) is 2.64. The van der Waals surface area contributed by atoms with Crippen LogP contribution >= 0.6 is 12.2 Å². The molecule has 0 aliphatic carbocycles. The molecule has 2 nitrogen and oxygen atoms in total. The molecule has 2 rings (SSSR count). The second kappa shape index (κ2) is 7.95. The molecule has 2 aromatic rings. The first-order valence-corrected chi connectivity index (χ1v) is 8.24. The van der Waals surface area contributed by atoms with E-state index in [2.05, 4.69) is 73.9 Å². The Kier molecular flexibility index (Phi) is 5.96. The minimum absolute atomic E-state index is 0.624. The number of nitrogens with one attached hydrogen (secondary N) is 2. The van der Waals surface area contributed by atoms with Crippen molar-refractivity contribution >= 4 is 28.7 Å². The third kappa shape index (κ3) is 4.57. The largest absolute Gasteiger partial charge is 0.332 e. The SMILES string of the molecule is CCCCc1ccc(NC(=S)Nc2c(C)cccc2C)cc1. The molecule has 22 heavy (non-hydrogen) atoms. The monoisotopic (exact) mass is 312 g/mol. The van der Waals surface area contributed by atoms with Gasteiger partial charge in [-0.3, -0.25) is 0 Å². The Hall–Kier alpha value is -1.87. The summed E-state index contributed by atoms with van der Waals surface area (Å²) >= 11 is 5.42. The molecule has 0 aliphatic heterocycles. The lowest BCUT2D eigenvalue weighted by atomic mass is 10.1. The van der Waals surface area contributed by atoms with Crippen molar-refractivity contribution in [2.45, 2.75) is 40.0 Å². The maximum atomic E-state index is 5.42. The van der Waals surface area contributed by atoms with Crippen molar-refractivity contribution in [3.63, 3.8) is 0 Å². The highest BCUT2D eigenvalue weighted by atomic mass is 32.1. The van der Waals surface area contributed by atoms with Crippen LogP contribution in [-0.2, 0) is 6.42 Å². The zero-order valence-corrected chi connectivity index (χ0v) is 14.4. The molecule has 0 fully saturated rings. The second-order valence-electron chi connectivity index (χ2n) is 5.65. The summed E-state index contributed by atoms with van der Waals surface area (Å²) in [5.74, 6) is 0. The predicted molar refractivity (Wildman–Crippen MR) is 101 cm³/mol. The highest BCUT2D eigenvalue weighted by molar-refractivity contribution is 7.80. The first-order chi connectivity index (χ1) is 10.6. The quantitative estimate of drug-likeness (QED) is 0.717. The van der Waals surface area contributed by atoms with E-state index in [0.29, 0.717) is 5.11 Å². The van der Waals surface area contributed by atoms with Crippen molar-refractivity contribution in [1.82, 2.24) is 0 Å². The highest BCUT2D eigenvalue weighted by Crippen LogP contribution is 2.20. The number of hydrogen-bond donors (Lipinski definition) is 2. The molecule has 2 aromatic carbocycles. The summed E-state index contributed by atoms with van der Waals surface area (Å²) in [5.41, 5.74) is 5.86. The van der Waals surface area contributed by atoms with Gasteiger partial charge in [0.05, 0.1) is 0 Å². The minimum Gasteiger partial charge on any atom is -0.332 e. The summed E-state index contributed by atoms with van der Waals surface area (Å²) in [5, 5.41) is 7.17. The molecule has 116 valence electrons. The Bertz CT molecular complexity index is 612. The molecule has 2 N–H and O–H groups in total. The summed E-state index contributed by atoms with van der Waals surface area (Å²) in [6, 6.07) is 14.7. The number of unbranched alkanes of at least 4 members (excludes halogenated alkanes) is 1. The third-order valence-electron chi connectivity index (χ3n) is 3.75. The van der Waals surface area contributed by atoms with Crippen molar-refractivity contribution in [3.8, 4) is 0 Å². The van der Waals surface area contributed by atoms with Gasteiger partial charge in [-0.05, 0) is 67.7 Å². The van der Waals surface area contributed by atoms with E-state index < -0.39 is 0 Å². The predicted octanol–water partition coefficient (Wildman–Crippen LogP) is 5.45. The van der Waals surface area contributed by atoms with E-state index in [0.717, 1.165) is 17.8 Å². The van der Waals surface area contributed by atoms with Crippen LogP contribution in [0.1, 0.15) is 36.5 Å². The number of thiocarbonyl (C=S) groups is 1. The standard InChI is InChI=1S/C19H24N2S/c1-4-5-9-16-10-12-17(13-11-16)20-19(22)21-18-14(2)7-6-8-15(18)3/h6-8,10-13H,4-5,9H2,1-3H3,(H2,20,21,22). The number of benzene rings is 2. The van der Waals surface area contributed by atoms with E-state index in [1.54, 1.807) is 0 Å². The van der Waals surface area contributed by atoms with Gasteiger partial charge in [0.15, 0.2) is 5.11 Å². The zero-order chi connectivity index (χ0) is 15.9. The summed E-state index contributed by atoms with van der Waals surface area (Å²) in [4.78, 5) is 0. The fraction of sp³-hybridized carbons (Fsp3) is 0.316. The number of aryl methyl sites for hydroxylation is 3. The lowest BCUT2D eigenvalue weighted by molar-refractivity contribution is 0.795. The van der Waals surface area contributed by atoms with E-state index in [1.807, 2.05) is 0 Å². The summed E-state index contributed by atoms with van der Waals surface area (Å²) in [6.07, 6.45) is 3.60. The molecule has 0 heterocycles. The smallest absolute Gasteiger partial charge is 0.175 e. The number of para-hydroxylation sites is 1. The molecule has 0 aromatic heterocycles. The van der Waals surface area contributed by atoms with Crippen molar-refractivity contribution in [2.24, 2.45) is 0 Å². The molecule has 3 heteroatoms. The Morgan fingerprint density at radius 2 is 1.59 bits per heavy atom. The van der Waals surface area contributed by atoms with Gasteiger partial charge in [0.25, 0.3) is 0 Å². The summed E-state index contributed by atoms with van der Waals surface area (Å²) in [6.45, 7) is 6.38. The highest BCUT2D eigenvalue weighted by Gasteiger charge is 2.04. The average molecular weight is 312 g/mol. The van der Waals surface area contributed by atoms with Crippen LogP contribution in [0.15, 0.2) is 42.5 Å². The molecule has 0 atom stereocenters. The van der Waals surface area contributed by atoms with Gasteiger partial charge >= 0.3 is 0 Å². The zero-order valence-electron chi connectivity index (χ0n) is 13.6. The van der Waals surface area contributed by atoms with Crippen molar-refractivity contribution in [1.29, 1.82) is 0 Å². The van der Waals surface area contributed by atoms with Gasteiger partial charge in [0.1, 0.15) is 0 Å². The van der Waals surface area contributed by atoms with Crippen LogP contribution in [0.25, 0.3) is 0 Å². The van der Waals surface area contributed by atoms with Crippen molar-refractivity contribution in [3.05, 3.63) is 59.2 Å². The molecular formula is C19H24N2S. The lowest BCUT2D eigenvalue weighted by Crippen LogP contribution is -2.20. The average Bonchev–Trinajstić information content (AvgIpc) is 2.50. The Balaban J connectivity index is 1.97. The minimum atomic E-state index is 0.624. The Morgan fingerprint density at radius 3 is 2.18 bits per heavy atom. The lowest BCUT2D eigenvalue weighted by Gasteiger charge is -2.15. The van der Waals surface area contributed by atoms with Crippen LogP contribution in [0.2, 0.25) is 0 Å². The van der Waals surface area contributed by atoms with E-state index >= 15 is 0 Å². The summed E-state index contributed by atoms with van der Waals surface area (Å²) in [7, 11) is 0. The van der Waals surface area contributed by atoms with E-state index in [-0.39, 0.29) is 0 Å². The Morgan fingerprint density at radius 1 is 0.955 bits per heavy atom. The Labute approximate surface area is 139 Å². The molecule has 0 bridgehead atoms. The first kappa shape index (κ1) is 16.5. The van der Waals surface area contributed by atoms with Crippen LogP contribution in [0.3, 0.4) is 0 Å². The maximum Gasteiger partial charge on any atom is 0.175 e. The van der Waals surface area contributed by atoms with E-state index in [1.165, 1.54) is 29.5 Å². The van der Waals surface area contributed by atoms with Gasteiger partial charge in [-0.15, -0.1) is 0 Å². The van der Waals surface area contributed by atoms with Gasteiger partial charge in [0, 0.05) is 11.4 Å². The van der Waals surface area contributed by atoms with Crippen LogP contribution in [0.4, 0.5) is 11.4 Å². The number of anilines is 2. The van der Waals surface area contributed by atoms with E-state index in [4.69, 9.17) is 12.2 Å². The molecule has 0 aliphatic rings. The van der Waals surface area contributed by atoms with Crippen molar-refractivity contribution < 1.29 is 0 Å². The molecule has 0 saturated carbocycles. The maximum absolute atomic E-state index is 5.42. The van der Waals surface area contributed by atoms with Gasteiger partial charge < -0.3 is 10.6 Å². The number of hydrogen-bond acceptors (Lipinski definition) is 1. The topological polar surface area (TPSA) is 24.1 Å². The van der Waals surface area contributed by atoms with Crippen LogP contribution in [0, 0.1) is 13.8 Å². The van der Waals surface area contributed by atoms with Gasteiger partial charge in [-0.25, -0.2) is 0 Å². The molecule has 0 spiro atoms. The third-order valence-corrected chi connectivity index (χ3v) is 3.95. The molecule has 0 radical (unpaired) electrons. The van der Waals surface area contributed by atoms with Crippen LogP contribution in [0.5, 0.6) is 0 Å². The van der Waals surface area contributed by atoms with Crippen molar-refractivity contribution in [2.75, 3.05) is 10.6 Å².